The zero-order valence-corrected chi connectivity index (χ0v) is 33.7. The smallest absolute Gasteiger partial charge is 0.262 e. The Balaban J connectivity index is 0.794. The van der Waals surface area contributed by atoms with Crippen molar-refractivity contribution >= 4 is 40.5 Å². The fourth-order valence-electron chi connectivity index (χ4n) is 9.10. The van der Waals surface area contributed by atoms with Gasteiger partial charge in [0, 0.05) is 37.8 Å². The number of allylic oxidation sites excluding steroid dienone is 1. The van der Waals surface area contributed by atoms with Crippen LogP contribution in [0.3, 0.4) is 0 Å². The molecule has 0 aromatic heterocycles. The van der Waals surface area contributed by atoms with Gasteiger partial charge in [-0.25, -0.2) is 0 Å². The molecule has 0 bridgehead atoms. The van der Waals surface area contributed by atoms with Crippen LogP contribution in [-0.4, -0.2) is 96.5 Å². The molecule has 4 aliphatic heterocycles. The van der Waals surface area contributed by atoms with E-state index in [0.717, 1.165) is 104 Å². The maximum absolute atomic E-state index is 13.4. The van der Waals surface area contributed by atoms with Gasteiger partial charge in [0.1, 0.15) is 24.1 Å². The lowest BCUT2D eigenvalue weighted by Crippen LogP contribution is -2.54. The molecule has 0 aliphatic carbocycles. The van der Waals surface area contributed by atoms with Crippen molar-refractivity contribution in [3.63, 3.8) is 0 Å². The topological polar surface area (TPSA) is 132 Å². The van der Waals surface area contributed by atoms with Crippen molar-refractivity contribution in [1.29, 1.82) is 0 Å². The van der Waals surface area contributed by atoms with Crippen LogP contribution in [0.25, 0.3) is 11.1 Å². The summed E-state index contributed by atoms with van der Waals surface area (Å²) < 4.78 is 6.24. The molecular formula is C48H53N5O6. The number of ether oxygens (including phenoxy) is 1. The van der Waals surface area contributed by atoms with Crippen molar-refractivity contribution in [3.8, 4) is 11.5 Å². The van der Waals surface area contributed by atoms with E-state index in [2.05, 4.69) is 75.9 Å². The molecule has 3 saturated heterocycles. The molecule has 11 nitrogen and oxygen atoms in total. The van der Waals surface area contributed by atoms with Crippen LogP contribution in [0.5, 0.6) is 11.5 Å². The van der Waals surface area contributed by atoms with Crippen molar-refractivity contribution in [3.05, 3.63) is 125 Å². The summed E-state index contributed by atoms with van der Waals surface area (Å²) in [5, 5.41) is 16.1. The summed E-state index contributed by atoms with van der Waals surface area (Å²) in [5.41, 5.74) is 7.29. The van der Waals surface area contributed by atoms with E-state index in [9.17, 15) is 24.3 Å². The van der Waals surface area contributed by atoms with E-state index >= 15 is 0 Å². The Bertz CT molecular complexity index is 2200. The van der Waals surface area contributed by atoms with Crippen LogP contribution < -0.4 is 20.3 Å². The number of hydrogen-bond acceptors (Lipinski definition) is 9. The number of carbonyl (C=O) groups excluding carboxylic acids is 4. The number of fused-ring (bicyclic) bond motifs is 1. The molecule has 4 aromatic rings. The second-order valence-electron chi connectivity index (χ2n) is 16.1. The second-order valence-corrected chi connectivity index (χ2v) is 16.1. The Morgan fingerprint density at radius 2 is 1.51 bits per heavy atom. The summed E-state index contributed by atoms with van der Waals surface area (Å²) in [7, 11) is 0. The third-order valence-corrected chi connectivity index (χ3v) is 12.4. The van der Waals surface area contributed by atoms with Crippen molar-refractivity contribution in [2.75, 3.05) is 50.8 Å². The van der Waals surface area contributed by atoms with E-state index in [1.54, 1.807) is 24.3 Å². The van der Waals surface area contributed by atoms with Gasteiger partial charge < -0.3 is 20.1 Å². The number of phenols is 1. The molecular weight excluding hydrogens is 743 g/mol. The normalized spacial score (nSPS) is 20.7. The van der Waals surface area contributed by atoms with Crippen LogP contribution in [0.2, 0.25) is 0 Å². The minimum Gasteiger partial charge on any atom is -0.508 e. The van der Waals surface area contributed by atoms with E-state index < -0.39 is 23.8 Å². The molecule has 0 radical (unpaired) electrons. The lowest BCUT2D eigenvalue weighted by molar-refractivity contribution is -0.136. The van der Waals surface area contributed by atoms with Gasteiger partial charge in [0.25, 0.3) is 11.8 Å². The molecule has 11 heteroatoms. The van der Waals surface area contributed by atoms with Gasteiger partial charge in [-0.15, -0.1) is 0 Å². The minimum atomic E-state index is -0.966. The average molecular weight is 796 g/mol. The van der Waals surface area contributed by atoms with Crippen LogP contribution in [0.1, 0.15) is 89.3 Å². The average Bonchev–Trinajstić information content (AvgIpc) is 3.51. The first-order valence-corrected chi connectivity index (χ1v) is 21.1. The Labute approximate surface area is 346 Å². The summed E-state index contributed by atoms with van der Waals surface area (Å²) in [5.74, 6) is -0.221. The maximum atomic E-state index is 13.4. The van der Waals surface area contributed by atoms with E-state index in [0.29, 0.717) is 29.7 Å². The van der Waals surface area contributed by atoms with Crippen LogP contribution >= 0.6 is 0 Å². The molecule has 0 spiro atoms. The standard InChI is InChI=1S/C48H53N5O6/c1-2-40(33-7-4-3-5-8-33)45(34-10-15-38(54)16-11-34)35-12-17-39(18-13-35)59-28-27-51-25-22-32(23-26-51)30-49-36-9-6-24-52(31-36)37-14-19-41-42(29-37)48(58)53(47(41)57)43-20-21-44(55)50-46(43)56/h3-5,7-8,10-19,29,32,36,43,49,54H,2,6,9,20-28,30-31H2,1H3,(H,50,55,56)/t36-,43?/m1/s1. The summed E-state index contributed by atoms with van der Waals surface area (Å²) in [4.78, 5) is 56.5. The van der Waals surface area contributed by atoms with E-state index in [1.807, 2.05) is 24.3 Å². The van der Waals surface area contributed by atoms with Crippen molar-refractivity contribution in [2.24, 2.45) is 5.92 Å². The molecule has 4 aromatic carbocycles. The lowest BCUT2D eigenvalue weighted by atomic mass is 9.88. The van der Waals surface area contributed by atoms with Gasteiger partial charge in [-0.05, 0) is 134 Å². The molecule has 306 valence electrons. The third kappa shape index (κ3) is 8.96. The molecule has 8 rings (SSSR count). The second kappa shape index (κ2) is 18.0. The molecule has 4 amide bonds. The largest absolute Gasteiger partial charge is 0.508 e. The number of carbonyl (C=O) groups is 4. The van der Waals surface area contributed by atoms with E-state index in [4.69, 9.17) is 4.74 Å². The molecule has 1 unspecified atom stereocenters. The first-order valence-electron chi connectivity index (χ1n) is 21.1. The van der Waals surface area contributed by atoms with E-state index in [1.165, 1.54) is 11.1 Å². The highest BCUT2D eigenvalue weighted by molar-refractivity contribution is 6.23. The predicted octanol–water partition coefficient (Wildman–Crippen LogP) is 6.51. The van der Waals surface area contributed by atoms with Gasteiger partial charge in [0.2, 0.25) is 11.8 Å². The number of rotatable bonds is 13. The molecule has 3 N–H and O–H groups in total. The SMILES string of the molecule is CCC(=C(c1ccc(O)cc1)c1ccc(OCCN2CCC(CN[C@@H]3CCCN(c4ccc5c(c4)C(=O)N(C4CCC(=O)NC4=O)C5=O)C3)CC2)cc1)c1ccccc1. The third-order valence-electron chi connectivity index (χ3n) is 12.4. The maximum Gasteiger partial charge on any atom is 0.262 e. The molecule has 4 aliphatic rings. The number of benzene rings is 4. The van der Waals surface area contributed by atoms with Gasteiger partial charge in [-0.1, -0.05) is 61.5 Å². The monoisotopic (exact) mass is 795 g/mol. The number of piperidine rings is 3. The predicted molar refractivity (Wildman–Crippen MR) is 228 cm³/mol. The minimum absolute atomic E-state index is 0.0993. The van der Waals surface area contributed by atoms with Gasteiger partial charge in [0.05, 0.1) is 11.1 Å². The number of hydrogen-bond donors (Lipinski definition) is 3. The van der Waals surface area contributed by atoms with E-state index in [-0.39, 0.29) is 24.5 Å². The van der Waals surface area contributed by atoms with Gasteiger partial charge >= 0.3 is 0 Å². The Morgan fingerprint density at radius 3 is 2.22 bits per heavy atom. The quantitative estimate of drug-likeness (QED) is 0.102. The molecule has 0 saturated carbocycles. The zero-order chi connectivity index (χ0) is 40.9. The van der Waals surface area contributed by atoms with Crippen molar-refractivity contribution in [1.82, 2.24) is 20.4 Å². The Morgan fingerprint density at radius 1 is 0.797 bits per heavy atom. The number of likely N-dealkylation sites (tertiary alicyclic amines) is 1. The van der Waals surface area contributed by atoms with Crippen LogP contribution in [-0.2, 0) is 9.59 Å². The number of anilines is 1. The molecule has 3 fully saturated rings. The van der Waals surface area contributed by atoms with Gasteiger partial charge in [-0.2, -0.15) is 0 Å². The molecule has 4 heterocycles. The summed E-state index contributed by atoms with van der Waals surface area (Å²) >= 11 is 0. The fraction of sp³-hybridized carbons (Fsp3) is 0.375. The summed E-state index contributed by atoms with van der Waals surface area (Å²) in [6, 6.07) is 31.0. The number of amides is 4. The molecule has 2 atom stereocenters. The summed E-state index contributed by atoms with van der Waals surface area (Å²) in [6.45, 7) is 8.43. The van der Waals surface area contributed by atoms with Crippen LogP contribution in [0.15, 0.2) is 97.1 Å². The lowest BCUT2D eigenvalue weighted by Gasteiger charge is -2.37. The first kappa shape index (κ1) is 40.0. The fourth-order valence-corrected chi connectivity index (χ4v) is 9.10. The zero-order valence-electron chi connectivity index (χ0n) is 33.7. The highest BCUT2D eigenvalue weighted by Gasteiger charge is 2.45. The van der Waals surface area contributed by atoms with Crippen molar-refractivity contribution < 1.29 is 29.0 Å². The Hall–Kier alpha value is -5.78. The highest BCUT2D eigenvalue weighted by atomic mass is 16.5. The number of aromatic hydroxyl groups is 1. The first-order chi connectivity index (χ1) is 28.7. The van der Waals surface area contributed by atoms with Crippen LogP contribution in [0, 0.1) is 5.92 Å². The van der Waals surface area contributed by atoms with Crippen LogP contribution in [0.4, 0.5) is 5.69 Å². The number of nitrogens with zero attached hydrogens (tertiary/aromatic N) is 3. The Kier molecular flexibility index (Phi) is 12.2. The van der Waals surface area contributed by atoms with Crippen molar-refractivity contribution in [2.45, 2.75) is 64.0 Å². The number of imide groups is 2. The highest BCUT2D eigenvalue weighted by Crippen LogP contribution is 2.36. The van der Waals surface area contributed by atoms with Gasteiger partial charge in [0.15, 0.2) is 0 Å². The molecule has 59 heavy (non-hydrogen) atoms. The number of nitrogens with one attached hydrogen (secondary N) is 2. The summed E-state index contributed by atoms with van der Waals surface area (Å²) in [6.07, 6.45) is 5.49. The van der Waals surface area contributed by atoms with Gasteiger partial charge in [-0.3, -0.25) is 34.3 Å². The number of phenolic OH excluding ortho intramolecular Hbond substituents is 1.